The lowest BCUT2D eigenvalue weighted by atomic mass is 9.82. The summed E-state index contributed by atoms with van der Waals surface area (Å²) in [7, 11) is 0. The third-order valence-electron chi connectivity index (χ3n) is 7.40. The van der Waals surface area contributed by atoms with E-state index in [1.54, 1.807) is 18.5 Å². The molecule has 0 bridgehead atoms. The highest BCUT2D eigenvalue weighted by molar-refractivity contribution is 6.02. The zero-order chi connectivity index (χ0) is 25.4. The van der Waals surface area contributed by atoms with E-state index in [9.17, 15) is 18.7 Å². The third-order valence-corrected chi connectivity index (χ3v) is 7.40. The highest BCUT2D eigenvalue weighted by Crippen LogP contribution is 2.39. The van der Waals surface area contributed by atoms with Gasteiger partial charge in [-0.1, -0.05) is 6.07 Å². The number of nitrogens with zero attached hydrogens (tertiary/aromatic N) is 5. The summed E-state index contributed by atoms with van der Waals surface area (Å²) in [6.45, 7) is 5.79. The molecule has 2 aliphatic rings. The van der Waals surface area contributed by atoms with E-state index < -0.39 is 23.5 Å². The molecule has 0 amide bonds. The maximum Gasteiger partial charge on any atom is 0.169 e. The minimum Gasteiger partial charge on any atom is -0.393 e. The number of aliphatic hydroxyl groups excluding tert-OH is 1. The van der Waals surface area contributed by atoms with Gasteiger partial charge >= 0.3 is 0 Å². The number of aryl methyl sites for hydroxylation is 1. The van der Waals surface area contributed by atoms with Crippen molar-refractivity contribution in [3.8, 4) is 0 Å². The van der Waals surface area contributed by atoms with Crippen LogP contribution in [0.4, 0.5) is 20.4 Å². The van der Waals surface area contributed by atoms with Gasteiger partial charge < -0.3 is 14.9 Å². The summed E-state index contributed by atoms with van der Waals surface area (Å²) in [4.78, 5) is 22.8. The Hall–Kier alpha value is -3.17. The number of benzene rings is 1. The molecule has 1 N–H and O–H groups in total. The van der Waals surface area contributed by atoms with Gasteiger partial charge in [-0.15, -0.1) is 17.5 Å². The molecule has 5 rings (SSSR count). The van der Waals surface area contributed by atoms with Gasteiger partial charge in [0.05, 0.1) is 6.10 Å². The first-order chi connectivity index (χ1) is 17.3. The number of carbonyl (C=O) groups excluding carboxylic acids is 1. The third kappa shape index (κ3) is 5.29. The van der Waals surface area contributed by atoms with Gasteiger partial charge in [0.25, 0.3) is 0 Å². The lowest BCUT2D eigenvalue weighted by molar-refractivity contribution is 0.0919. The van der Waals surface area contributed by atoms with E-state index in [1.807, 2.05) is 24.8 Å². The Kier molecular flexibility index (Phi) is 8.04. The number of ketones is 1. The van der Waals surface area contributed by atoms with E-state index >= 15 is 0 Å². The van der Waals surface area contributed by atoms with Crippen molar-refractivity contribution in [2.75, 3.05) is 36.0 Å². The second kappa shape index (κ2) is 11.1. The Morgan fingerprint density at radius 2 is 1.84 bits per heavy atom. The van der Waals surface area contributed by atoms with E-state index in [1.165, 1.54) is 12.1 Å². The summed E-state index contributed by atoms with van der Waals surface area (Å²) < 4.78 is 28.6. The summed E-state index contributed by atoms with van der Waals surface area (Å²) in [5, 5.41) is 18.0. The molecule has 1 aromatic carbocycles. The number of rotatable bonds is 5. The zero-order valence-corrected chi connectivity index (χ0v) is 21.6. The number of piperidine rings is 1. The first kappa shape index (κ1) is 26.9. The molecule has 0 spiro atoms. The summed E-state index contributed by atoms with van der Waals surface area (Å²) in [5.41, 5.74) is 2.45. The van der Waals surface area contributed by atoms with Crippen LogP contribution >= 0.6 is 12.4 Å². The van der Waals surface area contributed by atoms with Crippen molar-refractivity contribution in [1.82, 2.24) is 15.2 Å². The Bertz CT molecular complexity index is 1270. The van der Waals surface area contributed by atoms with E-state index in [0.29, 0.717) is 56.0 Å². The first-order valence-corrected chi connectivity index (χ1v) is 12.2. The van der Waals surface area contributed by atoms with Crippen LogP contribution < -0.4 is 9.80 Å². The van der Waals surface area contributed by atoms with E-state index in [-0.39, 0.29) is 24.3 Å². The predicted octanol–water partition coefficient (Wildman–Crippen LogP) is 4.25. The highest BCUT2D eigenvalue weighted by Gasteiger charge is 2.41. The smallest absolute Gasteiger partial charge is 0.169 e. The normalized spacial score (nSPS) is 20.1. The SMILES string of the molecule is Cc1cnc(N2CCC(O)CC2)c(C)c1C(=O)[C@@H]1CN(c2cccnn2)C[C@H]1c1ccc(F)cc1F.Cl. The van der Waals surface area contributed by atoms with Gasteiger partial charge in [0.15, 0.2) is 11.6 Å². The lowest BCUT2D eigenvalue weighted by Crippen LogP contribution is -2.37. The van der Waals surface area contributed by atoms with Crippen molar-refractivity contribution in [2.24, 2.45) is 5.92 Å². The standard InChI is InChI=1S/C27H29F2N5O2.ClH/c1-16-13-30-27(33-10-7-19(35)8-11-33)17(2)25(16)26(36)22-15-34(24-4-3-9-31-32-24)14-21(22)20-6-5-18(28)12-23(20)29;/h3-6,9,12-13,19,21-22,35H,7-8,10-11,14-15H2,1-2H3;1H/t21-,22+;/m0./s1. The van der Waals surface area contributed by atoms with Crippen LogP contribution in [-0.4, -0.2) is 58.4 Å². The Labute approximate surface area is 221 Å². The van der Waals surface area contributed by atoms with Gasteiger partial charge in [0, 0.05) is 67.6 Å². The highest BCUT2D eigenvalue weighted by atomic mass is 35.5. The minimum atomic E-state index is -0.658. The molecule has 2 fully saturated rings. The number of Topliss-reactive ketones (excluding diaryl/α,β-unsaturated/α-hetero) is 1. The fraction of sp³-hybridized carbons (Fsp3) is 0.407. The molecule has 3 aromatic rings. The van der Waals surface area contributed by atoms with Gasteiger partial charge in [0.1, 0.15) is 17.5 Å². The van der Waals surface area contributed by atoms with Gasteiger partial charge in [-0.05, 0) is 56.0 Å². The summed E-state index contributed by atoms with van der Waals surface area (Å²) >= 11 is 0. The van der Waals surface area contributed by atoms with E-state index in [0.717, 1.165) is 23.0 Å². The molecular weight excluding hydrogens is 500 g/mol. The molecule has 4 heterocycles. The molecule has 2 aromatic heterocycles. The van der Waals surface area contributed by atoms with Crippen molar-refractivity contribution in [3.63, 3.8) is 0 Å². The van der Waals surface area contributed by atoms with Crippen LogP contribution in [-0.2, 0) is 0 Å². The fourth-order valence-corrected chi connectivity index (χ4v) is 5.52. The molecule has 0 radical (unpaired) electrons. The second-order valence-corrected chi connectivity index (χ2v) is 9.71. The molecule has 7 nitrogen and oxygen atoms in total. The van der Waals surface area contributed by atoms with Gasteiger partial charge in [0.2, 0.25) is 0 Å². The topological polar surface area (TPSA) is 82.5 Å². The number of anilines is 2. The lowest BCUT2D eigenvalue weighted by Gasteiger charge is -2.32. The predicted molar refractivity (Wildman–Crippen MR) is 140 cm³/mol. The monoisotopic (exact) mass is 529 g/mol. The average molecular weight is 530 g/mol. The molecule has 2 saturated heterocycles. The number of halogens is 3. The van der Waals surface area contributed by atoms with Crippen LogP contribution in [0.15, 0.2) is 42.7 Å². The maximum absolute atomic E-state index is 14.9. The summed E-state index contributed by atoms with van der Waals surface area (Å²) in [6.07, 6.45) is 4.28. The van der Waals surface area contributed by atoms with Crippen molar-refractivity contribution in [2.45, 2.75) is 38.7 Å². The van der Waals surface area contributed by atoms with Gasteiger partial charge in [-0.2, -0.15) is 5.10 Å². The molecule has 2 atom stereocenters. The zero-order valence-electron chi connectivity index (χ0n) is 20.8. The quantitative estimate of drug-likeness (QED) is 0.495. The fourth-order valence-electron chi connectivity index (χ4n) is 5.52. The number of hydrogen-bond acceptors (Lipinski definition) is 7. The van der Waals surface area contributed by atoms with E-state index in [2.05, 4.69) is 20.1 Å². The van der Waals surface area contributed by atoms with E-state index in [4.69, 9.17) is 0 Å². The van der Waals surface area contributed by atoms with Crippen molar-refractivity contribution in [3.05, 3.63) is 76.6 Å². The summed E-state index contributed by atoms with van der Waals surface area (Å²) in [5.74, 6) is -1.11. The van der Waals surface area contributed by atoms with Crippen molar-refractivity contribution < 1.29 is 18.7 Å². The van der Waals surface area contributed by atoms with Crippen molar-refractivity contribution >= 4 is 29.8 Å². The Balaban J connectivity index is 0.00000320. The Morgan fingerprint density at radius 3 is 2.51 bits per heavy atom. The molecule has 0 unspecified atom stereocenters. The molecule has 2 aliphatic heterocycles. The number of pyridine rings is 1. The minimum absolute atomic E-state index is 0. The number of aromatic nitrogens is 3. The van der Waals surface area contributed by atoms with Crippen LogP contribution in [0.2, 0.25) is 0 Å². The summed E-state index contributed by atoms with van der Waals surface area (Å²) in [6, 6.07) is 7.12. The van der Waals surface area contributed by atoms with Crippen LogP contribution in [0.25, 0.3) is 0 Å². The molecule has 10 heteroatoms. The van der Waals surface area contributed by atoms with Gasteiger partial charge in [-0.3, -0.25) is 4.79 Å². The number of hydrogen-bond donors (Lipinski definition) is 1. The molecule has 37 heavy (non-hydrogen) atoms. The second-order valence-electron chi connectivity index (χ2n) is 9.71. The van der Waals surface area contributed by atoms with Crippen LogP contribution in [0, 0.1) is 31.4 Å². The maximum atomic E-state index is 14.9. The van der Waals surface area contributed by atoms with Crippen molar-refractivity contribution in [1.29, 1.82) is 0 Å². The first-order valence-electron chi connectivity index (χ1n) is 12.2. The molecule has 0 aliphatic carbocycles. The average Bonchev–Trinajstić information content (AvgIpc) is 3.31. The number of aliphatic hydroxyl groups is 1. The number of carbonyl (C=O) groups is 1. The van der Waals surface area contributed by atoms with Crippen LogP contribution in [0.1, 0.15) is 45.8 Å². The molecule has 196 valence electrons. The molecule has 0 saturated carbocycles. The largest absolute Gasteiger partial charge is 0.393 e. The Morgan fingerprint density at radius 1 is 1.08 bits per heavy atom. The van der Waals surface area contributed by atoms with Crippen LogP contribution in [0.5, 0.6) is 0 Å². The molecular formula is C27H30ClF2N5O2. The van der Waals surface area contributed by atoms with Gasteiger partial charge in [-0.25, -0.2) is 13.8 Å². The van der Waals surface area contributed by atoms with Crippen LogP contribution in [0.3, 0.4) is 0 Å².